The molecule has 19 heavy (non-hydrogen) atoms. The minimum absolute atomic E-state index is 0.0897. The minimum atomic E-state index is -3.14. The summed E-state index contributed by atoms with van der Waals surface area (Å²) in [5.74, 6) is -0.139. The van der Waals surface area contributed by atoms with Crippen LogP contribution in [0.15, 0.2) is 0 Å². The summed E-state index contributed by atoms with van der Waals surface area (Å²) in [7, 11) is -3.14. The lowest BCUT2D eigenvalue weighted by Gasteiger charge is -2.25. The van der Waals surface area contributed by atoms with E-state index in [1.54, 1.807) is 27.7 Å². The number of sulfone groups is 1. The smallest absolute Gasteiger partial charge is 0.323 e. The fourth-order valence-electron chi connectivity index (χ4n) is 2.14. The maximum absolute atomic E-state index is 12.1. The molecule has 1 rings (SSSR count). The second-order valence-electron chi connectivity index (χ2n) is 5.88. The summed E-state index contributed by atoms with van der Waals surface area (Å²) >= 11 is 0. The van der Waals surface area contributed by atoms with Gasteiger partial charge in [0.1, 0.15) is 6.04 Å². The standard InChI is InChI=1S/C13H25NO4S/c1-5-18-12(15)11-7-6-8-14(11)9-10-19(16,17)13(2,3)4/h11H,5-10H2,1-4H3. The van der Waals surface area contributed by atoms with E-state index >= 15 is 0 Å². The lowest BCUT2D eigenvalue weighted by Crippen LogP contribution is -2.42. The molecule has 1 atom stereocenters. The Morgan fingerprint density at radius 2 is 2.00 bits per heavy atom. The third kappa shape index (κ3) is 4.18. The molecule has 0 aliphatic carbocycles. The maximum atomic E-state index is 12.1. The number of esters is 1. The van der Waals surface area contributed by atoms with Gasteiger partial charge in [0.2, 0.25) is 0 Å². The van der Waals surface area contributed by atoms with Gasteiger partial charge in [-0.15, -0.1) is 0 Å². The predicted octanol–water partition coefficient (Wildman–Crippen LogP) is 1.23. The van der Waals surface area contributed by atoms with Gasteiger partial charge in [0, 0.05) is 6.54 Å². The van der Waals surface area contributed by atoms with Gasteiger partial charge in [-0.25, -0.2) is 8.42 Å². The van der Waals surface area contributed by atoms with E-state index in [1.807, 2.05) is 4.90 Å². The highest BCUT2D eigenvalue weighted by atomic mass is 32.2. The molecule has 1 saturated heterocycles. The molecule has 1 fully saturated rings. The van der Waals surface area contributed by atoms with E-state index in [0.717, 1.165) is 19.4 Å². The van der Waals surface area contributed by atoms with Crippen LogP contribution in [0.2, 0.25) is 0 Å². The van der Waals surface area contributed by atoms with E-state index in [9.17, 15) is 13.2 Å². The Morgan fingerprint density at radius 1 is 1.37 bits per heavy atom. The van der Waals surface area contributed by atoms with Crippen LogP contribution in [0.1, 0.15) is 40.5 Å². The first-order valence-electron chi connectivity index (χ1n) is 6.82. The Kier molecular flexibility index (Phi) is 5.38. The molecule has 0 spiro atoms. The van der Waals surface area contributed by atoms with E-state index in [4.69, 9.17) is 4.74 Å². The van der Waals surface area contributed by atoms with Crippen molar-refractivity contribution in [2.24, 2.45) is 0 Å². The number of carbonyl (C=O) groups excluding carboxylic acids is 1. The second-order valence-corrected chi connectivity index (χ2v) is 8.74. The van der Waals surface area contributed by atoms with Gasteiger partial charge >= 0.3 is 5.97 Å². The van der Waals surface area contributed by atoms with E-state index in [0.29, 0.717) is 13.2 Å². The predicted molar refractivity (Wildman–Crippen MR) is 74.8 cm³/mol. The molecule has 0 aromatic heterocycles. The van der Waals surface area contributed by atoms with Crippen LogP contribution < -0.4 is 0 Å². The van der Waals surface area contributed by atoms with Crippen LogP contribution in [0.3, 0.4) is 0 Å². The van der Waals surface area contributed by atoms with Crippen molar-refractivity contribution in [3.63, 3.8) is 0 Å². The number of rotatable bonds is 5. The Labute approximate surface area is 116 Å². The van der Waals surface area contributed by atoms with Crippen molar-refractivity contribution in [1.82, 2.24) is 4.90 Å². The number of ether oxygens (including phenoxy) is 1. The van der Waals surface area contributed by atoms with Gasteiger partial charge in [-0.05, 0) is 47.1 Å². The monoisotopic (exact) mass is 291 g/mol. The van der Waals surface area contributed by atoms with Crippen LogP contribution in [0.5, 0.6) is 0 Å². The average Bonchev–Trinajstić information content (AvgIpc) is 2.73. The summed E-state index contributed by atoms with van der Waals surface area (Å²) in [4.78, 5) is 13.7. The molecular formula is C13H25NO4S. The zero-order valence-corrected chi connectivity index (χ0v) is 13.1. The third-order valence-electron chi connectivity index (χ3n) is 3.50. The topological polar surface area (TPSA) is 63.7 Å². The quantitative estimate of drug-likeness (QED) is 0.713. The Bertz CT molecular complexity index is 411. The van der Waals surface area contributed by atoms with Crippen LogP contribution in [0.25, 0.3) is 0 Å². The summed E-state index contributed by atoms with van der Waals surface area (Å²) in [5, 5.41) is 0. The van der Waals surface area contributed by atoms with Crippen molar-refractivity contribution in [2.45, 2.75) is 51.3 Å². The third-order valence-corrected chi connectivity index (χ3v) is 6.09. The molecule has 1 heterocycles. The number of nitrogens with zero attached hydrogens (tertiary/aromatic N) is 1. The van der Waals surface area contributed by atoms with Crippen molar-refractivity contribution < 1.29 is 17.9 Å². The van der Waals surface area contributed by atoms with E-state index < -0.39 is 14.6 Å². The number of hydrogen-bond donors (Lipinski definition) is 0. The fourth-order valence-corrected chi connectivity index (χ4v) is 3.23. The van der Waals surface area contributed by atoms with Crippen LogP contribution >= 0.6 is 0 Å². The average molecular weight is 291 g/mol. The number of hydrogen-bond acceptors (Lipinski definition) is 5. The Hall–Kier alpha value is -0.620. The second kappa shape index (κ2) is 6.22. The lowest BCUT2D eigenvalue weighted by atomic mass is 10.2. The molecular weight excluding hydrogens is 266 g/mol. The summed E-state index contributed by atoms with van der Waals surface area (Å²) in [6.07, 6.45) is 1.67. The van der Waals surface area contributed by atoms with Crippen molar-refractivity contribution in [1.29, 1.82) is 0 Å². The largest absolute Gasteiger partial charge is 0.465 e. The molecule has 1 unspecified atom stereocenters. The highest BCUT2D eigenvalue weighted by Gasteiger charge is 2.34. The van der Waals surface area contributed by atoms with E-state index in [1.165, 1.54) is 0 Å². The SMILES string of the molecule is CCOC(=O)C1CCCN1CCS(=O)(=O)C(C)(C)C. The first-order chi connectivity index (χ1) is 8.69. The Morgan fingerprint density at radius 3 is 2.53 bits per heavy atom. The summed E-state index contributed by atoms with van der Waals surface area (Å²) in [5.41, 5.74) is 0. The minimum Gasteiger partial charge on any atom is -0.465 e. The van der Waals surface area contributed by atoms with Crippen LogP contribution in [-0.2, 0) is 19.4 Å². The van der Waals surface area contributed by atoms with Crippen LogP contribution in [0.4, 0.5) is 0 Å². The normalized spacial score (nSPS) is 21.6. The maximum Gasteiger partial charge on any atom is 0.323 e. The zero-order valence-electron chi connectivity index (χ0n) is 12.3. The van der Waals surface area contributed by atoms with Gasteiger partial charge in [0.15, 0.2) is 9.84 Å². The highest BCUT2D eigenvalue weighted by molar-refractivity contribution is 7.92. The molecule has 5 nitrogen and oxygen atoms in total. The molecule has 0 bridgehead atoms. The Balaban J connectivity index is 2.60. The van der Waals surface area contributed by atoms with Gasteiger partial charge in [-0.1, -0.05) is 0 Å². The molecule has 6 heteroatoms. The van der Waals surface area contributed by atoms with Crippen LogP contribution in [0, 0.1) is 0 Å². The van der Waals surface area contributed by atoms with Crippen molar-refractivity contribution >= 4 is 15.8 Å². The zero-order chi connectivity index (χ0) is 14.7. The molecule has 0 saturated carbocycles. The van der Waals surface area contributed by atoms with Gasteiger partial charge in [-0.2, -0.15) is 0 Å². The molecule has 0 radical (unpaired) electrons. The number of likely N-dealkylation sites (tertiary alicyclic amines) is 1. The van der Waals surface area contributed by atoms with Gasteiger partial charge in [0.05, 0.1) is 17.1 Å². The molecule has 0 aromatic carbocycles. The number of carbonyl (C=O) groups is 1. The molecule has 0 N–H and O–H groups in total. The molecule has 0 aromatic rings. The molecule has 1 aliphatic rings. The van der Waals surface area contributed by atoms with Crippen molar-refractivity contribution in [3.8, 4) is 0 Å². The summed E-state index contributed by atoms with van der Waals surface area (Å²) in [6.45, 7) is 8.43. The van der Waals surface area contributed by atoms with Gasteiger partial charge < -0.3 is 4.74 Å². The first-order valence-corrected chi connectivity index (χ1v) is 8.47. The van der Waals surface area contributed by atoms with Crippen LogP contribution in [-0.4, -0.2) is 55.5 Å². The first kappa shape index (κ1) is 16.4. The molecule has 1 aliphatic heterocycles. The van der Waals surface area contributed by atoms with Gasteiger partial charge in [0.25, 0.3) is 0 Å². The summed E-state index contributed by atoms with van der Waals surface area (Å²) in [6, 6.07) is -0.268. The molecule has 112 valence electrons. The highest BCUT2D eigenvalue weighted by Crippen LogP contribution is 2.21. The van der Waals surface area contributed by atoms with E-state index in [2.05, 4.69) is 0 Å². The fraction of sp³-hybridized carbons (Fsp3) is 0.923. The van der Waals surface area contributed by atoms with Gasteiger partial charge in [-0.3, -0.25) is 9.69 Å². The van der Waals surface area contributed by atoms with Crippen molar-refractivity contribution in [3.05, 3.63) is 0 Å². The molecule has 0 amide bonds. The lowest BCUT2D eigenvalue weighted by molar-refractivity contribution is -0.148. The van der Waals surface area contributed by atoms with E-state index in [-0.39, 0.29) is 17.8 Å². The summed E-state index contributed by atoms with van der Waals surface area (Å²) < 4.78 is 28.4. The van der Waals surface area contributed by atoms with Crippen molar-refractivity contribution in [2.75, 3.05) is 25.4 Å².